The molecule has 1 amide bonds. The Hall–Kier alpha value is -1.47. The summed E-state index contributed by atoms with van der Waals surface area (Å²) in [4.78, 5) is 11.5. The molecule has 0 aliphatic heterocycles. The zero-order chi connectivity index (χ0) is 14.1. The number of hydrogen-bond donors (Lipinski definition) is 3. The maximum atomic E-state index is 13.4. The van der Waals surface area contributed by atoms with Crippen LogP contribution in [-0.4, -0.2) is 23.1 Å². The lowest BCUT2D eigenvalue weighted by Gasteiger charge is -2.19. The molecule has 19 heavy (non-hydrogen) atoms. The number of phenolic OH excluding ortho intramolecular Hbond substituents is 1. The van der Waals surface area contributed by atoms with Crippen molar-refractivity contribution in [3.63, 3.8) is 0 Å². The molecular formula is C11H14ClF3N2O2. The molecular weight excluding hydrogens is 285 g/mol. The summed E-state index contributed by atoms with van der Waals surface area (Å²) in [6, 6.07) is 0.378. The normalized spacial score (nSPS) is 10.8. The van der Waals surface area contributed by atoms with E-state index in [-0.39, 0.29) is 19.0 Å². The molecule has 0 heterocycles. The molecule has 0 spiro atoms. The fourth-order valence-corrected chi connectivity index (χ4v) is 1.16. The highest BCUT2D eigenvalue weighted by Crippen LogP contribution is 2.25. The van der Waals surface area contributed by atoms with Crippen molar-refractivity contribution in [1.29, 1.82) is 0 Å². The van der Waals surface area contributed by atoms with Gasteiger partial charge in [-0.3, -0.25) is 4.79 Å². The number of amides is 1. The second-order valence-electron chi connectivity index (χ2n) is 4.55. The molecule has 1 aromatic carbocycles. The fraction of sp³-hybridized carbons (Fsp3) is 0.364. The molecule has 4 nitrogen and oxygen atoms in total. The second-order valence-corrected chi connectivity index (χ2v) is 4.55. The molecule has 1 aromatic rings. The molecule has 1 rings (SSSR count). The van der Waals surface area contributed by atoms with Crippen LogP contribution in [0.25, 0.3) is 0 Å². The summed E-state index contributed by atoms with van der Waals surface area (Å²) in [6.07, 6.45) is 0. The summed E-state index contributed by atoms with van der Waals surface area (Å²) in [5, 5.41) is 11.2. The van der Waals surface area contributed by atoms with Gasteiger partial charge in [-0.15, -0.1) is 12.4 Å². The molecule has 0 saturated heterocycles. The van der Waals surface area contributed by atoms with Crippen molar-refractivity contribution >= 4 is 18.3 Å². The van der Waals surface area contributed by atoms with Crippen LogP contribution in [0.1, 0.15) is 24.2 Å². The van der Waals surface area contributed by atoms with Gasteiger partial charge in [-0.2, -0.15) is 4.39 Å². The monoisotopic (exact) mass is 298 g/mol. The maximum absolute atomic E-state index is 13.4. The molecule has 4 N–H and O–H groups in total. The number of carbonyl (C=O) groups is 1. The quantitative estimate of drug-likeness (QED) is 0.744. The van der Waals surface area contributed by atoms with E-state index in [4.69, 9.17) is 10.8 Å². The molecule has 0 atom stereocenters. The van der Waals surface area contributed by atoms with Crippen molar-refractivity contribution in [2.45, 2.75) is 19.4 Å². The predicted molar refractivity (Wildman–Crippen MR) is 65.8 cm³/mol. The van der Waals surface area contributed by atoms with Gasteiger partial charge in [-0.05, 0) is 19.9 Å². The van der Waals surface area contributed by atoms with Gasteiger partial charge in [-0.25, -0.2) is 8.78 Å². The third kappa shape index (κ3) is 4.29. The summed E-state index contributed by atoms with van der Waals surface area (Å²) in [5.74, 6) is -7.26. The van der Waals surface area contributed by atoms with Crippen LogP contribution >= 0.6 is 12.4 Å². The zero-order valence-corrected chi connectivity index (χ0v) is 11.1. The first kappa shape index (κ1) is 17.5. The first-order valence-electron chi connectivity index (χ1n) is 5.07. The molecule has 0 fully saturated rings. The molecule has 0 bridgehead atoms. The Morgan fingerprint density at radius 2 is 1.89 bits per heavy atom. The SMILES string of the molecule is CC(C)(N)CNC(=O)c1cc(F)c(F)c(O)c1F.Cl. The van der Waals surface area contributed by atoms with Gasteiger partial charge < -0.3 is 16.2 Å². The lowest BCUT2D eigenvalue weighted by atomic mass is 10.1. The van der Waals surface area contributed by atoms with Gasteiger partial charge in [0.15, 0.2) is 17.4 Å². The van der Waals surface area contributed by atoms with E-state index in [1.807, 2.05) is 0 Å². The first-order chi connectivity index (χ1) is 8.13. The van der Waals surface area contributed by atoms with Gasteiger partial charge in [0.05, 0.1) is 5.56 Å². The van der Waals surface area contributed by atoms with Crippen LogP contribution in [0.2, 0.25) is 0 Å². The number of rotatable bonds is 3. The van der Waals surface area contributed by atoms with Crippen molar-refractivity contribution in [3.8, 4) is 5.75 Å². The van der Waals surface area contributed by atoms with Gasteiger partial charge in [0.2, 0.25) is 5.82 Å². The Morgan fingerprint density at radius 3 is 2.37 bits per heavy atom. The van der Waals surface area contributed by atoms with Crippen LogP contribution in [0.4, 0.5) is 13.2 Å². The lowest BCUT2D eigenvalue weighted by molar-refractivity contribution is 0.0940. The number of benzene rings is 1. The van der Waals surface area contributed by atoms with Gasteiger partial charge >= 0.3 is 0 Å². The molecule has 8 heteroatoms. The molecule has 0 saturated carbocycles. The highest BCUT2D eigenvalue weighted by Gasteiger charge is 2.23. The highest BCUT2D eigenvalue weighted by atomic mass is 35.5. The zero-order valence-electron chi connectivity index (χ0n) is 10.3. The lowest BCUT2D eigenvalue weighted by Crippen LogP contribution is -2.45. The van der Waals surface area contributed by atoms with Gasteiger partial charge in [0.1, 0.15) is 0 Å². The third-order valence-corrected chi connectivity index (χ3v) is 2.08. The number of hydrogen-bond acceptors (Lipinski definition) is 3. The smallest absolute Gasteiger partial charge is 0.254 e. The van der Waals surface area contributed by atoms with Crippen molar-refractivity contribution in [2.75, 3.05) is 6.54 Å². The average Bonchev–Trinajstić information content (AvgIpc) is 2.27. The van der Waals surface area contributed by atoms with E-state index >= 15 is 0 Å². The van der Waals surface area contributed by atoms with Crippen LogP contribution in [0.3, 0.4) is 0 Å². The van der Waals surface area contributed by atoms with E-state index in [0.29, 0.717) is 6.07 Å². The van der Waals surface area contributed by atoms with E-state index in [0.717, 1.165) is 0 Å². The number of nitrogens with one attached hydrogen (secondary N) is 1. The van der Waals surface area contributed by atoms with Crippen LogP contribution in [0.15, 0.2) is 6.07 Å². The van der Waals surface area contributed by atoms with Crippen LogP contribution in [0, 0.1) is 17.5 Å². The summed E-state index contributed by atoms with van der Waals surface area (Å²) in [7, 11) is 0. The summed E-state index contributed by atoms with van der Waals surface area (Å²) >= 11 is 0. The summed E-state index contributed by atoms with van der Waals surface area (Å²) in [5.41, 5.74) is 4.07. The van der Waals surface area contributed by atoms with E-state index < -0.39 is 40.2 Å². The van der Waals surface area contributed by atoms with Gasteiger partial charge in [0.25, 0.3) is 5.91 Å². The Morgan fingerprint density at radius 1 is 1.37 bits per heavy atom. The minimum atomic E-state index is -1.73. The molecule has 0 unspecified atom stereocenters. The Bertz CT molecular complexity index is 490. The fourth-order valence-electron chi connectivity index (χ4n) is 1.16. The first-order valence-corrected chi connectivity index (χ1v) is 5.07. The largest absolute Gasteiger partial charge is 0.503 e. The number of phenols is 1. The van der Waals surface area contributed by atoms with E-state index in [1.54, 1.807) is 13.8 Å². The van der Waals surface area contributed by atoms with E-state index in [1.165, 1.54) is 0 Å². The van der Waals surface area contributed by atoms with Crippen LogP contribution in [0.5, 0.6) is 5.75 Å². The third-order valence-electron chi connectivity index (χ3n) is 2.08. The van der Waals surface area contributed by atoms with Crippen molar-refractivity contribution < 1.29 is 23.1 Å². The van der Waals surface area contributed by atoms with E-state index in [2.05, 4.69) is 5.32 Å². The van der Waals surface area contributed by atoms with Gasteiger partial charge in [0, 0.05) is 12.1 Å². The predicted octanol–water partition coefficient (Wildman–Crippen LogP) is 1.70. The maximum Gasteiger partial charge on any atom is 0.254 e. The number of halogens is 4. The molecule has 0 aliphatic carbocycles. The summed E-state index contributed by atoms with van der Waals surface area (Å²) in [6.45, 7) is 3.24. The van der Waals surface area contributed by atoms with E-state index in [9.17, 15) is 18.0 Å². The van der Waals surface area contributed by atoms with Crippen molar-refractivity contribution in [3.05, 3.63) is 29.1 Å². The Kier molecular flexibility index (Phi) is 5.64. The Labute approximate surface area is 114 Å². The number of nitrogens with two attached hydrogens (primary N) is 1. The average molecular weight is 299 g/mol. The molecule has 0 aliphatic rings. The number of carbonyl (C=O) groups excluding carboxylic acids is 1. The standard InChI is InChI=1S/C11H13F3N2O2.ClH/c1-11(2,15)4-16-10(18)5-3-6(12)8(14)9(17)7(5)13;/h3,17H,4,15H2,1-2H3,(H,16,18);1H. The highest BCUT2D eigenvalue weighted by molar-refractivity contribution is 5.95. The molecule has 108 valence electrons. The molecule has 0 radical (unpaired) electrons. The summed E-state index contributed by atoms with van der Waals surface area (Å²) < 4.78 is 39.1. The minimum absolute atomic E-state index is 0. The molecule has 0 aromatic heterocycles. The minimum Gasteiger partial charge on any atom is -0.503 e. The second kappa shape index (κ2) is 6.12. The number of aromatic hydroxyl groups is 1. The topological polar surface area (TPSA) is 75.3 Å². The van der Waals surface area contributed by atoms with Crippen LogP contribution in [-0.2, 0) is 0 Å². The van der Waals surface area contributed by atoms with Gasteiger partial charge in [-0.1, -0.05) is 0 Å². The Balaban J connectivity index is 0.00000324. The van der Waals surface area contributed by atoms with Crippen LogP contribution < -0.4 is 11.1 Å². The van der Waals surface area contributed by atoms with Crippen molar-refractivity contribution in [1.82, 2.24) is 5.32 Å². The van der Waals surface area contributed by atoms with Crippen molar-refractivity contribution in [2.24, 2.45) is 5.73 Å².